The summed E-state index contributed by atoms with van der Waals surface area (Å²) >= 11 is 0.0383. The van der Waals surface area contributed by atoms with Crippen molar-refractivity contribution < 1.29 is 159 Å². The number of aliphatic carboxylic acids is 1. The monoisotopic (exact) mass is 1600 g/mol. The molecule has 0 radical (unpaired) electrons. The van der Waals surface area contributed by atoms with Crippen LogP contribution in [0.3, 0.4) is 0 Å². The van der Waals surface area contributed by atoms with Crippen molar-refractivity contribution >= 4 is 69.1 Å². The number of nitrogens with one attached hydrogen (secondary N) is 2. The largest absolute Gasteiger partial charge is 0 e. The number of carbonyl (C=O) groups excluding carboxylic acids is 2. The van der Waals surface area contributed by atoms with Gasteiger partial charge in [0.05, 0.1) is 5.56 Å². The molecule has 0 aliphatic heterocycles. The first-order valence-electron chi connectivity index (χ1n) is 25.0. The number of allylic oxidation sites excluding steroid dienone is 1. The molecule has 458 valence electrons. The third kappa shape index (κ3) is 61.3. The van der Waals surface area contributed by atoms with Crippen molar-refractivity contribution in [3.8, 4) is 0 Å². The number of hydrogen-bond acceptors (Lipinski definition) is 15. The molecule has 0 aliphatic carbocycles. The number of aryl methyl sites for hydroxylation is 5. The van der Waals surface area contributed by atoms with Gasteiger partial charge in [-0.3, -0.25) is 29.7 Å². The van der Waals surface area contributed by atoms with Gasteiger partial charge in [0.15, 0.2) is 5.78 Å². The van der Waals surface area contributed by atoms with Gasteiger partial charge in [0, 0.05) is 135 Å². The second-order valence-electron chi connectivity index (χ2n) is 16.9. The van der Waals surface area contributed by atoms with Crippen LogP contribution in [0.1, 0.15) is 181 Å². The van der Waals surface area contributed by atoms with Gasteiger partial charge in [0.2, 0.25) is 0 Å². The summed E-state index contributed by atoms with van der Waals surface area (Å²) in [7, 11) is 0. The molecule has 0 amide bonds. The standard InChI is InChI=1S/C12H20N2.C12H18N2.C9H14N2.C9H11NO.C7H7NO2.C3H9N.C3H6O2.CH3I.2ClH.K.Mg.2H2O.2O.Pd.Pt/c2*1-5-12(14-9(2)3)11-7-6-10(4)13-8-11;1-3-9(10)8-5-4-7(2)11-6-8;1-3-9(11)8-5-4-7(2)10-6-8;1-5-2-3-6(4-8-5)7(9)10;1-3(2)4;1-2-3(4)5;1-2;;;;;;;;;;/h6-9,12,14H,5H2,1-4H3;5-9,14H,1-4H3;4-6,9H,3,10H2,1-2H3;4-6H,3H2,1-2H3;2-4H,1H3,(H,9,10);3H,4H2,1-2H3;2H2,1H3,(H,4,5);1H3;2*1H;;;2*1H2;;;;/q;;;;;;;;;;+1;+2;;;;;;/p-3/b;12-5-;;;;;;;;;;;;;;;;/i;;;;;;;1D;;;;;;;;;;. The molecule has 5 aromatic heterocycles. The van der Waals surface area contributed by atoms with E-state index in [2.05, 4.69) is 101 Å². The summed E-state index contributed by atoms with van der Waals surface area (Å²) in [5, 5.41) is 24.6. The maximum atomic E-state index is 11.1. The number of carbonyl (C=O) groups is 3. The van der Waals surface area contributed by atoms with Crippen molar-refractivity contribution in [2.45, 2.75) is 167 Å². The van der Waals surface area contributed by atoms with Crippen molar-refractivity contribution in [2.75, 3.05) is 4.91 Å². The number of alkyl halides is 1. The Morgan fingerprint density at radius 2 is 0.975 bits per heavy atom. The molecule has 5 rings (SSSR count). The van der Waals surface area contributed by atoms with Crippen molar-refractivity contribution in [2.24, 2.45) is 11.5 Å². The molecule has 2 atom stereocenters. The van der Waals surface area contributed by atoms with Crippen LogP contribution in [0.25, 0.3) is 5.70 Å². The Balaban J connectivity index is -0.0000000790. The summed E-state index contributed by atoms with van der Waals surface area (Å²) in [4.78, 5) is 51.7. The fraction of sp³-hybridized carbons (Fsp3) is 0.464. The molecule has 11 N–H and O–H groups in total. The molecule has 5 aromatic rings. The maximum Gasteiger partial charge on any atom is 0 e. The van der Waals surface area contributed by atoms with E-state index in [1.165, 1.54) is 24.8 Å². The SMILES string of the molecule is C/C=C(\NC(C)C)c1ccc(C)nc1.CC(C)N.CCC(=O)[O-].CCC(=O)c1ccc(C)nc1.CCC(N)c1ccc(C)nc1.CCC(NC(C)C)c1ccc(C)nc1.Cc1ccc(C(=O)O)cn1.O.O.[2H]CI.[Cl-].[Cl-].[K+].[Mg+2].[O]=[Pt]=[O].[Pd]. The minimum atomic E-state index is -1.92. The number of hydrogen-bond donors (Lipinski definition) is 5. The number of carboxylic acid groups (broad SMARTS) is 2. The van der Waals surface area contributed by atoms with Crippen molar-refractivity contribution in [1.82, 2.24) is 35.6 Å². The zero-order valence-corrected chi connectivity index (χ0v) is 62.5. The van der Waals surface area contributed by atoms with E-state index < -0.39 is 30.4 Å². The molecule has 0 bridgehead atoms. The zero-order chi connectivity index (χ0) is 58.5. The van der Waals surface area contributed by atoms with Crippen LogP contribution in [0.15, 0.2) is 97.7 Å². The zero-order valence-electron chi connectivity index (χ0n) is 51.4. The van der Waals surface area contributed by atoms with Gasteiger partial charge in [-0.05, 0) is 145 Å². The van der Waals surface area contributed by atoms with Gasteiger partial charge in [0.1, 0.15) is 0 Å². The van der Waals surface area contributed by atoms with Gasteiger partial charge in [0.25, 0.3) is 0 Å². The molecule has 25 heteroatoms. The Bertz CT molecular complexity index is 2320. The van der Waals surface area contributed by atoms with E-state index in [1.807, 2.05) is 134 Å². The van der Waals surface area contributed by atoms with E-state index in [0.717, 1.165) is 58.1 Å². The number of halogens is 3. The first-order chi connectivity index (χ1) is 35.3. The molecular formula is C56H91Cl2IKMgN9O9PdPt. The summed E-state index contributed by atoms with van der Waals surface area (Å²) in [6.07, 6.45) is 13.5. The first-order valence-corrected chi connectivity index (χ1v) is 27.6. The van der Waals surface area contributed by atoms with Gasteiger partial charge in [-0.15, -0.1) is 0 Å². The third-order valence-corrected chi connectivity index (χ3v) is 9.04. The van der Waals surface area contributed by atoms with E-state index in [1.54, 1.807) is 12.3 Å². The van der Waals surface area contributed by atoms with Crippen LogP contribution >= 0.6 is 22.6 Å². The summed E-state index contributed by atoms with van der Waals surface area (Å²) in [6, 6.07) is 21.1. The van der Waals surface area contributed by atoms with Gasteiger partial charge in [-0.1, -0.05) is 96.2 Å². The molecular weight excluding hydrogens is 1510 g/mol. The van der Waals surface area contributed by atoms with E-state index in [-0.39, 0.29) is 154 Å². The topological polar surface area (TPSA) is 332 Å². The molecule has 5 heterocycles. The number of Topliss-reactive ketones (excluding diaryl/α,β-unsaturated/α-hetero) is 1. The molecule has 0 saturated heterocycles. The summed E-state index contributed by atoms with van der Waals surface area (Å²) in [6.45, 7) is 31.9. The van der Waals surface area contributed by atoms with Crippen LogP contribution in [0, 0.1) is 34.6 Å². The fourth-order valence-electron chi connectivity index (χ4n) is 5.17. The predicted molar refractivity (Wildman–Crippen MR) is 316 cm³/mol. The van der Waals surface area contributed by atoms with Gasteiger partial charge < -0.3 is 72.9 Å². The number of nitrogens with two attached hydrogens (primary N) is 2. The average molecular weight is 1600 g/mol. The Labute approximate surface area is 593 Å². The molecule has 81 heavy (non-hydrogen) atoms. The minimum Gasteiger partial charge on any atom is 0 e. The van der Waals surface area contributed by atoms with Crippen LogP contribution in [0.2, 0.25) is 0 Å². The maximum absolute atomic E-state index is 11.1. The molecule has 18 nitrogen and oxygen atoms in total. The minimum absolute atomic E-state index is 0. The van der Waals surface area contributed by atoms with E-state index >= 15 is 0 Å². The first kappa shape index (κ1) is 101. The number of carboxylic acids is 2. The van der Waals surface area contributed by atoms with Crippen LogP contribution in [0.4, 0.5) is 0 Å². The molecule has 2 unspecified atom stereocenters. The summed E-state index contributed by atoms with van der Waals surface area (Å²) < 4.78 is 23.2. The van der Waals surface area contributed by atoms with Crippen LogP contribution in [-0.4, -0.2) is 105 Å². The normalized spacial score (nSPS) is 9.95. The smallest absolute Gasteiger partial charge is 0 e. The Hall–Kier alpha value is -1.64. The number of pyridine rings is 5. The Morgan fingerprint density at radius 1 is 0.654 bits per heavy atom. The van der Waals surface area contributed by atoms with Crippen molar-refractivity contribution in [1.29, 1.82) is 0 Å². The number of aromatic carboxylic acids is 1. The third-order valence-electron chi connectivity index (χ3n) is 9.04. The summed E-state index contributed by atoms with van der Waals surface area (Å²) in [5.41, 5.74) is 21.5. The number of ketones is 1. The number of rotatable bonds is 13. The van der Waals surface area contributed by atoms with Crippen LogP contribution in [0.5, 0.6) is 0 Å². The van der Waals surface area contributed by atoms with E-state index in [0.29, 0.717) is 41.1 Å². The van der Waals surface area contributed by atoms with Gasteiger partial charge >= 0.3 is 106 Å². The Kier molecular flexibility index (Phi) is 84.4. The predicted octanol–water partition coefficient (Wildman–Crippen LogP) is -0.251. The van der Waals surface area contributed by atoms with Gasteiger partial charge in [-0.25, -0.2) is 4.79 Å². The van der Waals surface area contributed by atoms with E-state index in [4.69, 9.17) is 24.7 Å². The van der Waals surface area contributed by atoms with Crippen molar-refractivity contribution in [3.63, 3.8) is 0 Å². The average Bonchev–Trinajstić information content (AvgIpc) is 3.36. The molecule has 0 fully saturated rings. The van der Waals surface area contributed by atoms with Crippen LogP contribution < -0.4 is 103 Å². The van der Waals surface area contributed by atoms with Crippen LogP contribution in [-0.2, 0) is 50.5 Å². The second kappa shape index (κ2) is 67.5. The molecule has 0 aromatic carbocycles. The van der Waals surface area contributed by atoms with Crippen molar-refractivity contribution in [3.05, 3.63) is 154 Å². The molecule has 0 aliphatic rings. The Morgan fingerprint density at radius 3 is 1.21 bits per heavy atom. The quantitative estimate of drug-likeness (QED) is 0.0439. The number of nitrogens with zero attached hydrogens (tertiary/aromatic N) is 5. The number of aromatic nitrogens is 5. The molecule has 0 saturated carbocycles. The molecule has 0 spiro atoms. The van der Waals surface area contributed by atoms with Gasteiger partial charge in [-0.2, -0.15) is 0 Å². The second-order valence-corrected chi connectivity index (χ2v) is 17.3. The summed E-state index contributed by atoms with van der Waals surface area (Å²) in [5.74, 6) is -1.78. The fourth-order valence-corrected chi connectivity index (χ4v) is 5.17. The van der Waals surface area contributed by atoms with E-state index in [9.17, 15) is 19.5 Å².